The lowest BCUT2D eigenvalue weighted by Gasteiger charge is -2.33. The van der Waals surface area contributed by atoms with Crippen LogP contribution in [0.5, 0.6) is 0 Å². The van der Waals surface area contributed by atoms with E-state index < -0.39 is 23.7 Å². The molecule has 0 amide bonds. The lowest BCUT2D eigenvalue weighted by molar-refractivity contribution is -0.161. The van der Waals surface area contributed by atoms with Crippen LogP contribution in [0.2, 0.25) is 0 Å². The van der Waals surface area contributed by atoms with Crippen LogP contribution in [0, 0.1) is 10.7 Å². The fraction of sp³-hybridized carbons (Fsp3) is 0.833. The molecule has 68 valence electrons. The predicted molar refractivity (Wildman–Crippen MR) is 41.0 cm³/mol. The van der Waals surface area contributed by atoms with Gasteiger partial charge >= 0.3 is 0 Å². The van der Waals surface area contributed by atoms with Gasteiger partial charge in [-0.3, -0.25) is 0 Å². The van der Waals surface area contributed by atoms with Crippen molar-refractivity contribution in [3.8, 4) is 5.40 Å². The highest BCUT2D eigenvalue weighted by Crippen LogP contribution is 2.23. The number of ether oxygens (including phenoxy) is 1. The topological polar surface area (TPSA) is 93.7 Å². The van der Waals surface area contributed by atoms with Crippen LogP contribution in [0.4, 0.5) is 0 Å². The minimum Gasteiger partial charge on any atom is -0.388 e. The summed E-state index contributed by atoms with van der Waals surface area (Å²) in [6.45, 7) is -0.0580. The second-order valence-electron chi connectivity index (χ2n) is 2.46. The third kappa shape index (κ3) is 1.88. The SMILES string of the molecule is N#CS[C@H]1OC[C@@H](O)[C@@H](O)[C@@H]1O. The summed E-state index contributed by atoms with van der Waals surface area (Å²) in [6.07, 6.45) is -3.52. The molecule has 0 unspecified atom stereocenters. The Balaban J connectivity index is 2.54. The zero-order valence-electron chi connectivity index (χ0n) is 6.12. The third-order valence-electron chi connectivity index (χ3n) is 1.62. The second-order valence-corrected chi connectivity index (χ2v) is 3.34. The Morgan fingerprint density at radius 2 is 2.00 bits per heavy atom. The van der Waals surface area contributed by atoms with Gasteiger partial charge in [-0.05, 0) is 11.8 Å². The van der Waals surface area contributed by atoms with Gasteiger partial charge in [0.15, 0.2) is 0 Å². The predicted octanol–water partition coefficient (Wildman–Crippen LogP) is -1.36. The van der Waals surface area contributed by atoms with Crippen molar-refractivity contribution < 1.29 is 20.1 Å². The molecule has 0 aromatic heterocycles. The largest absolute Gasteiger partial charge is 0.388 e. The molecule has 1 heterocycles. The molecular weight excluding hydrogens is 182 g/mol. The molecule has 0 bridgehead atoms. The zero-order valence-corrected chi connectivity index (χ0v) is 6.94. The van der Waals surface area contributed by atoms with Gasteiger partial charge in [-0.15, -0.1) is 0 Å². The first-order valence-electron chi connectivity index (χ1n) is 3.37. The van der Waals surface area contributed by atoms with Crippen molar-refractivity contribution in [3.05, 3.63) is 0 Å². The molecule has 0 aliphatic carbocycles. The number of aliphatic hydroxyl groups excluding tert-OH is 3. The van der Waals surface area contributed by atoms with Crippen LogP contribution in [-0.4, -0.2) is 45.7 Å². The molecule has 1 rings (SSSR count). The van der Waals surface area contributed by atoms with Crippen molar-refractivity contribution in [2.45, 2.75) is 23.7 Å². The smallest absolute Gasteiger partial charge is 0.145 e. The Bertz CT molecular complexity index is 194. The van der Waals surface area contributed by atoms with E-state index in [-0.39, 0.29) is 6.61 Å². The van der Waals surface area contributed by atoms with E-state index >= 15 is 0 Å². The van der Waals surface area contributed by atoms with Crippen LogP contribution >= 0.6 is 11.8 Å². The number of nitriles is 1. The van der Waals surface area contributed by atoms with E-state index in [1.54, 1.807) is 5.40 Å². The van der Waals surface area contributed by atoms with Crippen LogP contribution < -0.4 is 0 Å². The Hall–Kier alpha value is -0.320. The first-order valence-corrected chi connectivity index (χ1v) is 4.25. The molecule has 0 radical (unpaired) electrons. The summed E-state index contributed by atoms with van der Waals surface area (Å²) in [6, 6.07) is 0. The van der Waals surface area contributed by atoms with Crippen molar-refractivity contribution >= 4 is 11.8 Å². The number of thiocyanates is 1. The number of hydrogen-bond acceptors (Lipinski definition) is 6. The second kappa shape index (κ2) is 4.07. The highest BCUT2D eigenvalue weighted by molar-refractivity contribution is 8.04. The van der Waals surface area contributed by atoms with Crippen LogP contribution in [0.1, 0.15) is 0 Å². The van der Waals surface area contributed by atoms with Gasteiger partial charge in [-0.2, -0.15) is 5.26 Å². The first-order chi connectivity index (χ1) is 5.66. The maximum atomic E-state index is 9.23. The van der Waals surface area contributed by atoms with E-state index in [1.165, 1.54) is 0 Å². The zero-order chi connectivity index (χ0) is 9.14. The molecule has 4 atom stereocenters. The number of aliphatic hydroxyl groups is 3. The number of nitrogens with zero attached hydrogens (tertiary/aromatic N) is 1. The molecule has 0 saturated carbocycles. The summed E-state index contributed by atoms with van der Waals surface area (Å²) in [5, 5.41) is 37.4. The van der Waals surface area contributed by atoms with Crippen LogP contribution in [0.3, 0.4) is 0 Å². The Labute approximate surface area is 73.6 Å². The van der Waals surface area contributed by atoms with E-state index in [4.69, 9.17) is 20.2 Å². The molecule has 1 saturated heterocycles. The quantitative estimate of drug-likeness (QED) is 0.443. The van der Waals surface area contributed by atoms with Gasteiger partial charge in [0.25, 0.3) is 0 Å². The molecule has 6 heteroatoms. The van der Waals surface area contributed by atoms with Gasteiger partial charge in [0.2, 0.25) is 0 Å². The van der Waals surface area contributed by atoms with E-state index in [9.17, 15) is 5.11 Å². The molecule has 3 N–H and O–H groups in total. The molecule has 1 aliphatic rings. The highest BCUT2D eigenvalue weighted by Gasteiger charge is 2.37. The number of thioether (sulfide) groups is 1. The fourth-order valence-corrected chi connectivity index (χ4v) is 1.49. The lowest BCUT2D eigenvalue weighted by atomic mass is 10.1. The fourth-order valence-electron chi connectivity index (χ4n) is 0.935. The Morgan fingerprint density at radius 1 is 1.33 bits per heavy atom. The first kappa shape index (κ1) is 9.77. The number of rotatable bonds is 1. The summed E-state index contributed by atoms with van der Waals surface area (Å²) in [7, 11) is 0. The summed E-state index contributed by atoms with van der Waals surface area (Å²) in [4.78, 5) is 0. The van der Waals surface area contributed by atoms with Crippen molar-refractivity contribution in [1.29, 1.82) is 5.26 Å². The highest BCUT2D eigenvalue weighted by atomic mass is 32.2. The molecular formula is C6H9NO4S. The average Bonchev–Trinajstić information content (AvgIpc) is 2.07. The molecule has 1 fully saturated rings. The van der Waals surface area contributed by atoms with Crippen molar-refractivity contribution in [2.75, 3.05) is 6.61 Å². The van der Waals surface area contributed by atoms with E-state index in [0.29, 0.717) is 0 Å². The maximum Gasteiger partial charge on any atom is 0.145 e. The minimum atomic E-state index is -1.23. The van der Waals surface area contributed by atoms with Gasteiger partial charge in [0, 0.05) is 0 Å². The van der Waals surface area contributed by atoms with Gasteiger partial charge in [-0.25, -0.2) is 0 Å². The molecule has 1 aliphatic heterocycles. The van der Waals surface area contributed by atoms with Crippen molar-refractivity contribution in [2.24, 2.45) is 0 Å². The van der Waals surface area contributed by atoms with Crippen LogP contribution in [0.25, 0.3) is 0 Å². The monoisotopic (exact) mass is 191 g/mol. The number of hydrogen-bond donors (Lipinski definition) is 3. The van der Waals surface area contributed by atoms with Gasteiger partial charge < -0.3 is 20.1 Å². The molecule has 12 heavy (non-hydrogen) atoms. The normalized spacial score (nSPS) is 42.2. The average molecular weight is 191 g/mol. The summed E-state index contributed by atoms with van der Waals surface area (Å²) in [5.74, 6) is 0. The molecule has 0 aromatic rings. The van der Waals surface area contributed by atoms with E-state index in [2.05, 4.69) is 0 Å². The Morgan fingerprint density at radius 3 is 2.58 bits per heavy atom. The molecule has 0 spiro atoms. The van der Waals surface area contributed by atoms with Gasteiger partial charge in [0.05, 0.1) is 6.61 Å². The maximum absolute atomic E-state index is 9.23. The summed E-state index contributed by atoms with van der Waals surface area (Å²) >= 11 is 0.728. The molecule has 5 nitrogen and oxygen atoms in total. The van der Waals surface area contributed by atoms with Crippen LogP contribution in [-0.2, 0) is 4.74 Å². The van der Waals surface area contributed by atoms with E-state index in [0.717, 1.165) is 11.8 Å². The minimum absolute atomic E-state index is 0.0580. The lowest BCUT2D eigenvalue weighted by Crippen LogP contribution is -2.51. The van der Waals surface area contributed by atoms with E-state index in [1.807, 2.05) is 0 Å². The molecule has 0 aromatic carbocycles. The van der Waals surface area contributed by atoms with Crippen LogP contribution in [0.15, 0.2) is 0 Å². The third-order valence-corrected chi connectivity index (χ3v) is 2.38. The van der Waals surface area contributed by atoms with Crippen molar-refractivity contribution in [1.82, 2.24) is 0 Å². The Kier molecular flexibility index (Phi) is 3.31. The summed E-state index contributed by atoms with van der Waals surface area (Å²) in [5.41, 5.74) is -0.770. The van der Waals surface area contributed by atoms with Gasteiger partial charge in [0.1, 0.15) is 29.1 Å². The summed E-state index contributed by atoms with van der Waals surface area (Å²) < 4.78 is 4.89. The van der Waals surface area contributed by atoms with Crippen molar-refractivity contribution in [3.63, 3.8) is 0 Å². The van der Waals surface area contributed by atoms with Gasteiger partial charge in [-0.1, -0.05) is 0 Å². The standard InChI is InChI=1S/C6H9NO4S/c7-2-12-6-5(10)4(9)3(8)1-11-6/h3-6,8-10H,1H2/t3-,4-,5+,6-/m1/s1.